The van der Waals surface area contributed by atoms with Crippen molar-refractivity contribution in [2.45, 2.75) is 25.3 Å². The molecule has 1 aliphatic heterocycles. The zero-order valence-corrected chi connectivity index (χ0v) is 19.5. The number of nitrogens with zero attached hydrogens (tertiary/aromatic N) is 2. The number of amides is 1. The molecule has 3 aromatic rings. The highest BCUT2D eigenvalue weighted by Crippen LogP contribution is 2.46. The van der Waals surface area contributed by atoms with Gasteiger partial charge in [-0.05, 0) is 66.8 Å². The topological polar surface area (TPSA) is 53.9 Å². The number of halogens is 2. The molecule has 0 radical (unpaired) electrons. The molecule has 0 saturated carbocycles. The van der Waals surface area contributed by atoms with E-state index < -0.39 is 11.5 Å². The first-order valence-electron chi connectivity index (χ1n) is 10.6. The summed E-state index contributed by atoms with van der Waals surface area (Å²) in [4.78, 5) is 14.7. The Morgan fingerprint density at radius 2 is 1.91 bits per heavy atom. The first kappa shape index (κ1) is 23.1. The summed E-state index contributed by atoms with van der Waals surface area (Å²) in [6.07, 6.45) is 0. The molecule has 1 N–H and O–H groups in total. The summed E-state index contributed by atoms with van der Waals surface area (Å²) in [6.45, 7) is 4.33. The van der Waals surface area contributed by atoms with Crippen LogP contribution in [0.1, 0.15) is 28.8 Å². The van der Waals surface area contributed by atoms with E-state index in [9.17, 15) is 13.6 Å². The van der Waals surface area contributed by atoms with Crippen LogP contribution in [0.4, 0.5) is 14.5 Å². The van der Waals surface area contributed by atoms with Gasteiger partial charge in [0, 0.05) is 18.5 Å². The van der Waals surface area contributed by atoms with E-state index in [0.29, 0.717) is 35.7 Å². The van der Waals surface area contributed by atoms with Crippen LogP contribution in [0.5, 0.6) is 0 Å². The predicted molar refractivity (Wildman–Crippen MR) is 127 cm³/mol. The van der Waals surface area contributed by atoms with Crippen molar-refractivity contribution in [3.05, 3.63) is 87.6 Å². The normalized spacial score (nSPS) is 20.1. The number of hydrogen-bond donors (Lipinski definition) is 1. The van der Waals surface area contributed by atoms with Crippen LogP contribution >= 0.6 is 11.3 Å². The highest BCUT2D eigenvalue weighted by Gasteiger charge is 2.55. The lowest BCUT2D eigenvalue weighted by molar-refractivity contribution is -0.126. The molecule has 172 valence electrons. The van der Waals surface area contributed by atoms with Crippen molar-refractivity contribution >= 4 is 28.6 Å². The Hall–Kier alpha value is -3.10. The van der Waals surface area contributed by atoms with E-state index in [2.05, 4.69) is 5.32 Å². The lowest BCUT2D eigenvalue weighted by Gasteiger charge is -2.38. The van der Waals surface area contributed by atoms with Crippen molar-refractivity contribution in [2.75, 3.05) is 25.3 Å². The van der Waals surface area contributed by atoms with Gasteiger partial charge in [0.05, 0.1) is 23.9 Å². The summed E-state index contributed by atoms with van der Waals surface area (Å²) in [5.74, 6) is -1.38. The Kier molecular flexibility index (Phi) is 6.58. The summed E-state index contributed by atoms with van der Waals surface area (Å²) in [5, 5.41) is 11.5. The third-order valence-corrected chi connectivity index (χ3v) is 6.83. The second-order valence-electron chi connectivity index (χ2n) is 8.08. The van der Waals surface area contributed by atoms with Gasteiger partial charge in [0.1, 0.15) is 11.6 Å². The molecule has 2 atom stereocenters. The average Bonchev–Trinajstić information content (AvgIpc) is 3.41. The molecule has 2 aromatic carbocycles. The van der Waals surface area contributed by atoms with Crippen LogP contribution in [0.3, 0.4) is 0 Å². The summed E-state index contributed by atoms with van der Waals surface area (Å²) in [7, 11) is 1.57. The molecular formula is C25H25F2N3O2S. The quantitative estimate of drug-likeness (QED) is 0.503. The SMILES string of the molecule is COCCNC(=O)C1(C)C(c2cccs2)C(c2ccc(F)cc2)=NN1c1ccc(F)cc1C. The van der Waals surface area contributed by atoms with E-state index in [1.807, 2.05) is 24.4 Å². The monoisotopic (exact) mass is 469 g/mol. The number of anilines is 1. The summed E-state index contributed by atoms with van der Waals surface area (Å²) in [5.41, 5.74) is 1.48. The third kappa shape index (κ3) is 4.28. The highest BCUT2D eigenvalue weighted by atomic mass is 32.1. The summed E-state index contributed by atoms with van der Waals surface area (Å²) < 4.78 is 32.7. The van der Waals surface area contributed by atoms with E-state index in [1.165, 1.54) is 35.6 Å². The maximum atomic E-state index is 13.9. The molecule has 8 heteroatoms. The number of carbonyl (C=O) groups is 1. The number of aryl methyl sites for hydroxylation is 1. The van der Waals surface area contributed by atoms with E-state index in [1.54, 1.807) is 37.2 Å². The number of nitrogens with one attached hydrogen (secondary N) is 1. The minimum Gasteiger partial charge on any atom is -0.383 e. The third-order valence-electron chi connectivity index (χ3n) is 5.89. The van der Waals surface area contributed by atoms with E-state index in [0.717, 1.165) is 4.88 Å². The van der Waals surface area contributed by atoms with E-state index in [-0.39, 0.29) is 17.5 Å². The maximum Gasteiger partial charge on any atom is 0.248 e. The molecule has 0 spiro atoms. The van der Waals surface area contributed by atoms with Crippen LogP contribution in [0, 0.1) is 18.6 Å². The number of carbonyl (C=O) groups excluding carboxylic acids is 1. The minimum absolute atomic E-state index is 0.234. The van der Waals surface area contributed by atoms with Crippen molar-refractivity contribution < 1.29 is 18.3 Å². The fourth-order valence-electron chi connectivity index (χ4n) is 4.20. The number of rotatable bonds is 7. The molecule has 2 heterocycles. The second-order valence-corrected chi connectivity index (χ2v) is 9.06. The van der Waals surface area contributed by atoms with Crippen molar-refractivity contribution in [2.24, 2.45) is 5.10 Å². The van der Waals surface area contributed by atoms with Crippen LogP contribution in [0.15, 0.2) is 65.1 Å². The smallest absolute Gasteiger partial charge is 0.248 e. The standard InChI is InChI=1S/C25H25F2N3O2S/c1-16-15-19(27)10-11-20(16)30-25(2,24(31)28-12-13-32-3)22(21-5-4-14-33-21)23(29-30)17-6-8-18(26)9-7-17/h4-11,14-15,22H,12-13H2,1-3H3,(H,28,31). The zero-order chi connectivity index (χ0) is 23.6. The van der Waals surface area contributed by atoms with Gasteiger partial charge < -0.3 is 10.1 Å². The van der Waals surface area contributed by atoms with Gasteiger partial charge in [-0.25, -0.2) is 13.8 Å². The van der Waals surface area contributed by atoms with Crippen LogP contribution in [0.25, 0.3) is 0 Å². The van der Waals surface area contributed by atoms with Gasteiger partial charge in [-0.3, -0.25) is 4.79 Å². The zero-order valence-electron chi connectivity index (χ0n) is 18.6. The Bertz CT molecular complexity index is 1160. The van der Waals surface area contributed by atoms with Crippen LogP contribution in [-0.2, 0) is 9.53 Å². The Morgan fingerprint density at radius 1 is 1.18 bits per heavy atom. The molecule has 0 saturated heterocycles. The van der Waals surface area contributed by atoms with Gasteiger partial charge in [-0.1, -0.05) is 18.2 Å². The van der Waals surface area contributed by atoms with Crippen molar-refractivity contribution in [1.29, 1.82) is 0 Å². The number of hydrogen-bond acceptors (Lipinski definition) is 5. The Labute approximate surface area is 195 Å². The average molecular weight is 470 g/mol. The summed E-state index contributed by atoms with van der Waals surface area (Å²) >= 11 is 1.53. The number of methoxy groups -OCH3 is 1. The van der Waals surface area contributed by atoms with E-state index in [4.69, 9.17) is 9.84 Å². The van der Waals surface area contributed by atoms with E-state index >= 15 is 0 Å². The minimum atomic E-state index is -1.16. The van der Waals surface area contributed by atoms with Crippen LogP contribution in [0.2, 0.25) is 0 Å². The summed E-state index contributed by atoms with van der Waals surface area (Å²) in [6, 6.07) is 14.4. The predicted octanol–water partition coefficient (Wildman–Crippen LogP) is 4.86. The highest BCUT2D eigenvalue weighted by molar-refractivity contribution is 7.10. The second kappa shape index (κ2) is 9.41. The maximum absolute atomic E-state index is 13.9. The number of thiophene rings is 1. The fraction of sp³-hybridized carbons (Fsp3) is 0.280. The molecule has 1 amide bonds. The van der Waals surface area contributed by atoms with Crippen molar-refractivity contribution in [3.8, 4) is 0 Å². The van der Waals surface area contributed by atoms with Crippen molar-refractivity contribution in [3.63, 3.8) is 0 Å². The Morgan fingerprint density at radius 3 is 2.55 bits per heavy atom. The molecule has 4 rings (SSSR count). The molecular weight excluding hydrogens is 444 g/mol. The van der Waals surface area contributed by atoms with Gasteiger partial charge in [0.2, 0.25) is 5.91 Å². The largest absolute Gasteiger partial charge is 0.383 e. The molecule has 1 aliphatic rings. The van der Waals surface area contributed by atoms with Gasteiger partial charge in [-0.2, -0.15) is 5.10 Å². The number of ether oxygens (including phenoxy) is 1. The van der Waals surface area contributed by atoms with Gasteiger partial charge in [0.15, 0.2) is 5.54 Å². The molecule has 5 nitrogen and oxygen atoms in total. The lowest BCUT2D eigenvalue weighted by Crippen LogP contribution is -2.57. The number of benzene rings is 2. The number of hydrazone groups is 1. The molecule has 0 aliphatic carbocycles. The first-order valence-corrected chi connectivity index (χ1v) is 11.5. The molecule has 0 bridgehead atoms. The Balaban J connectivity index is 1.90. The van der Waals surface area contributed by atoms with Gasteiger partial charge in [-0.15, -0.1) is 11.3 Å². The van der Waals surface area contributed by atoms with Crippen LogP contribution < -0.4 is 10.3 Å². The lowest BCUT2D eigenvalue weighted by atomic mass is 9.78. The molecule has 0 fully saturated rings. The molecule has 1 aromatic heterocycles. The molecule has 33 heavy (non-hydrogen) atoms. The van der Waals surface area contributed by atoms with Crippen LogP contribution in [-0.4, -0.2) is 37.4 Å². The fourth-order valence-corrected chi connectivity index (χ4v) is 5.15. The van der Waals surface area contributed by atoms with Gasteiger partial charge >= 0.3 is 0 Å². The van der Waals surface area contributed by atoms with Gasteiger partial charge in [0.25, 0.3) is 0 Å². The molecule has 2 unspecified atom stereocenters. The first-order chi connectivity index (χ1) is 15.9. The van der Waals surface area contributed by atoms with Crippen molar-refractivity contribution in [1.82, 2.24) is 5.32 Å².